The number of carbonyl (C=O) groups is 1. The molecule has 0 aliphatic carbocycles. The van der Waals surface area contributed by atoms with Gasteiger partial charge in [-0.3, -0.25) is 4.79 Å². The molecule has 0 atom stereocenters. The predicted molar refractivity (Wildman–Crippen MR) is 59.3 cm³/mol. The van der Waals surface area contributed by atoms with E-state index in [0.717, 1.165) is 15.9 Å². The predicted octanol–water partition coefficient (Wildman–Crippen LogP) is 3.53. The fourth-order valence-electron chi connectivity index (χ4n) is 1.11. The SMILES string of the molecule is CCC(=O)c1ccc(OC)cc1SCl. The highest BCUT2D eigenvalue weighted by Gasteiger charge is 2.10. The van der Waals surface area contributed by atoms with Crippen molar-refractivity contribution in [3.8, 4) is 5.75 Å². The highest BCUT2D eigenvalue weighted by atomic mass is 35.7. The van der Waals surface area contributed by atoms with E-state index in [4.69, 9.17) is 15.4 Å². The minimum absolute atomic E-state index is 0.0933. The Morgan fingerprint density at radius 2 is 2.29 bits per heavy atom. The minimum atomic E-state index is 0.0933. The zero-order valence-electron chi connectivity index (χ0n) is 8.04. The third-order valence-corrected chi connectivity index (χ3v) is 2.90. The Morgan fingerprint density at radius 1 is 1.57 bits per heavy atom. The second-order valence-corrected chi connectivity index (χ2v) is 3.77. The van der Waals surface area contributed by atoms with Crippen LogP contribution in [0.3, 0.4) is 0 Å². The molecule has 0 radical (unpaired) electrons. The van der Waals surface area contributed by atoms with Crippen LogP contribution >= 0.6 is 21.7 Å². The van der Waals surface area contributed by atoms with Gasteiger partial charge in [0.25, 0.3) is 0 Å². The van der Waals surface area contributed by atoms with Crippen LogP contribution in [0.2, 0.25) is 0 Å². The molecule has 0 saturated heterocycles. The van der Waals surface area contributed by atoms with Gasteiger partial charge in [-0.1, -0.05) is 6.92 Å². The summed E-state index contributed by atoms with van der Waals surface area (Å²) in [5.41, 5.74) is 0.660. The third kappa shape index (κ3) is 2.42. The van der Waals surface area contributed by atoms with Gasteiger partial charge < -0.3 is 4.74 Å². The molecule has 76 valence electrons. The number of benzene rings is 1. The Bertz CT molecular complexity index is 339. The quantitative estimate of drug-likeness (QED) is 0.741. The molecule has 0 aliphatic rings. The lowest BCUT2D eigenvalue weighted by Gasteiger charge is -2.06. The van der Waals surface area contributed by atoms with Gasteiger partial charge >= 0.3 is 0 Å². The summed E-state index contributed by atoms with van der Waals surface area (Å²) in [5.74, 6) is 0.802. The second-order valence-electron chi connectivity index (χ2n) is 2.72. The summed E-state index contributed by atoms with van der Waals surface area (Å²) >= 11 is 0. The van der Waals surface area contributed by atoms with Crippen molar-refractivity contribution >= 4 is 27.4 Å². The minimum Gasteiger partial charge on any atom is -0.497 e. The summed E-state index contributed by atoms with van der Waals surface area (Å²) in [5, 5.41) is 0. The lowest BCUT2D eigenvalue weighted by molar-refractivity contribution is 0.0985. The van der Waals surface area contributed by atoms with E-state index in [-0.39, 0.29) is 5.78 Å². The number of hydrogen-bond donors (Lipinski definition) is 0. The summed E-state index contributed by atoms with van der Waals surface area (Å²) in [4.78, 5) is 12.2. The van der Waals surface area contributed by atoms with Gasteiger partial charge in [0.2, 0.25) is 0 Å². The van der Waals surface area contributed by atoms with E-state index in [1.807, 2.05) is 6.92 Å². The van der Waals surface area contributed by atoms with Crippen LogP contribution in [-0.2, 0) is 0 Å². The highest BCUT2D eigenvalue weighted by Crippen LogP contribution is 2.30. The third-order valence-electron chi connectivity index (χ3n) is 1.89. The number of carbonyl (C=O) groups excluding carboxylic acids is 1. The van der Waals surface area contributed by atoms with Gasteiger partial charge in [0.05, 0.1) is 7.11 Å². The van der Waals surface area contributed by atoms with E-state index in [2.05, 4.69) is 0 Å². The normalized spacial score (nSPS) is 9.93. The molecule has 0 amide bonds. The zero-order valence-corrected chi connectivity index (χ0v) is 9.61. The molecule has 1 rings (SSSR count). The number of Topliss-reactive ketones (excluding diaryl/α,β-unsaturated/α-hetero) is 1. The Labute approximate surface area is 92.1 Å². The number of hydrogen-bond acceptors (Lipinski definition) is 3. The van der Waals surface area contributed by atoms with Crippen LogP contribution in [-0.4, -0.2) is 12.9 Å². The van der Waals surface area contributed by atoms with Gasteiger partial charge in [0.15, 0.2) is 5.78 Å². The Morgan fingerprint density at radius 3 is 2.79 bits per heavy atom. The van der Waals surface area contributed by atoms with Crippen LogP contribution in [0.15, 0.2) is 23.1 Å². The molecule has 14 heavy (non-hydrogen) atoms. The van der Waals surface area contributed by atoms with E-state index >= 15 is 0 Å². The molecular weight excluding hydrogens is 220 g/mol. The first-order valence-corrected chi connectivity index (χ1v) is 5.87. The van der Waals surface area contributed by atoms with Gasteiger partial charge in [-0.05, 0) is 39.9 Å². The Hall–Kier alpha value is -0.670. The van der Waals surface area contributed by atoms with Crippen LogP contribution in [0.1, 0.15) is 23.7 Å². The van der Waals surface area contributed by atoms with Crippen LogP contribution in [0.5, 0.6) is 5.75 Å². The van der Waals surface area contributed by atoms with Crippen molar-refractivity contribution in [2.45, 2.75) is 18.2 Å². The number of halogens is 1. The van der Waals surface area contributed by atoms with Crippen LogP contribution in [0.4, 0.5) is 0 Å². The van der Waals surface area contributed by atoms with Crippen LogP contribution < -0.4 is 4.74 Å². The topological polar surface area (TPSA) is 26.3 Å². The van der Waals surface area contributed by atoms with Gasteiger partial charge in [-0.2, -0.15) is 0 Å². The number of ether oxygens (including phenoxy) is 1. The second kappa shape index (κ2) is 5.27. The molecule has 4 heteroatoms. The van der Waals surface area contributed by atoms with Crippen molar-refractivity contribution in [2.75, 3.05) is 7.11 Å². The summed E-state index contributed by atoms with van der Waals surface area (Å²) in [6.45, 7) is 1.83. The Balaban J connectivity index is 3.11. The van der Waals surface area contributed by atoms with Crippen molar-refractivity contribution in [3.05, 3.63) is 23.8 Å². The first-order valence-electron chi connectivity index (χ1n) is 4.22. The average molecular weight is 231 g/mol. The average Bonchev–Trinajstić information content (AvgIpc) is 2.27. The van der Waals surface area contributed by atoms with E-state index in [0.29, 0.717) is 17.7 Å². The summed E-state index contributed by atoms with van der Waals surface area (Å²) in [7, 11) is 8.29. The van der Waals surface area contributed by atoms with Gasteiger partial charge in [-0.15, -0.1) is 0 Å². The molecule has 0 spiro atoms. The number of methoxy groups -OCH3 is 1. The highest BCUT2D eigenvalue weighted by molar-refractivity contribution is 8.21. The van der Waals surface area contributed by atoms with E-state index in [1.165, 1.54) is 0 Å². The fourth-order valence-corrected chi connectivity index (χ4v) is 1.92. The fraction of sp³-hybridized carbons (Fsp3) is 0.300. The smallest absolute Gasteiger partial charge is 0.163 e. The molecule has 2 nitrogen and oxygen atoms in total. The summed E-state index contributed by atoms with van der Waals surface area (Å²) in [6, 6.07) is 5.27. The van der Waals surface area contributed by atoms with Crippen molar-refractivity contribution in [3.63, 3.8) is 0 Å². The molecule has 0 unspecified atom stereocenters. The molecule has 0 heterocycles. The molecule has 0 saturated carbocycles. The Kier molecular flexibility index (Phi) is 4.29. The molecule has 0 bridgehead atoms. The standard InChI is InChI=1S/C10H11ClO2S/c1-3-9(12)8-5-4-7(13-2)6-10(8)14-11/h4-6H,3H2,1-2H3. The first kappa shape index (κ1) is 11.4. The van der Waals surface area contributed by atoms with Crippen molar-refractivity contribution in [1.82, 2.24) is 0 Å². The maximum absolute atomic E-state index is 11.5. The molecule has 0 aromatic heterocycles. The molecular formula is C10H11ClO2S. The first-order chi connectivity index (χ1) is 6.72. The molecule has 1 aromatic rings. The van der Waals surface area contributed by atoms with E-state index < -0.39 is 0 Å². The zero-order chi connectivity index (χ0) is 10.6. The number of rotatable bonds is 4. The maximum Gasteiger partial charge on any atom is 0.163 e. The van der Waals surface area contributed by atoms with Gasteiger partial charge in [0, 0.05) is 16.9 Å². The van der Waals surface area contributed by atoms with Gasteiger partial charge in [0.1, 0.15) is 5.75 Å². The summed E-state index contributed by atoms with van der Waals surface area (Å²) in [6.07, 6.45) is 0.483. The van der Waals surface area contributed by atoms with E-state index in [1.54, 1.807) is 25.3 Å². The van der Waals surface area contributed by atoms with Gasteiger partial charge in [-0.25, -0.2) is 0 Å². The molecule has 0 N–H and O–H groups in total. The van der Waals surface area contributed by atoms with Crippen LogP contribution in [0, 0.1) is 0 Å². The van der Waals surface area contributed by atoms with Crippen molar-refractivity contribution < 1.29 is 9.53 Å². The number of ketones is 1. The molecule has 1 aromatic carbocycles. The monoisotopic (exact) mass is 230 g/mol. The lowest BCUT2D eigenvalue weighted by atomic mass is 10.1. The summed E-state index contributed by atoms with van der Waals surface area (Å²) < 4.78 is 5.04. The van der Waals surface area contributed by atoms with E-state index in [9.17, 15) is 4.79 Å². The maximum atomic E-state index is 11.5. The lowest BCUT2D eigenvalue weighted by Crippen LogP contribution is -1.98. The molecule has 0 aliphatic heterocycles. The largest absolute Gasteiger partial charge is 0.497 e. The molecule has 0 fully saturated rings. The van der Waals surface area contributed by atoms with Crippen molar-refractivity contribution in [2.24, 2.45) is 0 Å². The van der Waals surface area contributed by atoms with Crippen LogP contribution in [0.25, 0.3) is 0 Å². The van der Waals surface area contributed by atoms with Crippen molar-refractivity contribution in [1.29, 1.82) is 0 Å².